The lowest BCUT2D eigenvalue weighted by molar-refractivity contribution is -0.0758. The van der Waals surface area contributed by atoms with E-state index in [0.29, 0.717) is 35.1 Å². The van der Waals surface area contributed by atoms with Crippen molar-refractivity contribution in [2.45, 2.75) is 157 Å². The van der Waals surface area contributed by atoms with Crippen LogP contribution in [0.1, 0.15) is 145 Å². The van der Waals surface area contributed by atoms with Crippen LogP contribution in [0.15, 0.2) is 0 Å². The van der Waals surface area contributed by atoms with Gasteiger partial charge in [-0.3, -0.25) is 4.55 Å². The topological polar surface area (TPSA) is 126 Å². The van der Waals surface area contributed by atoms with Gasteiger partial charge in [-0.2, -0.15) is 8.42 Å². The van der Waals surface area contributed by atoms with Crippen LogP contribution in [0.2, 0.25) is 0 Å². The first-order valence-electron chi connectivity index (χ1n) is 19.9. The van der Waals surface area contributed by atoms with Crippen molar-refractivity contribution in [3.8, 4) is 0 Å². The van der Waals surface area contributed by atoms with Crippen molar-refractivity contribution in [2.75, 3.05) is 39.3 Å². The zero-order chi connectivity index (χ0) is 34.1. The first-order chi connectivity index (χ1) is 22.4. The molecule has 6 N–H and O–H groups in total. The molecule has 0 bridgehead atoms. The molecule has 48 heavy (non-hydrogen) atoms. The highest BCUT2D eigenvalue weighted by Gasteiger charge is 2.59. The second-order valence-corrected chi connectivity index (χ2v) is 18.3. The summed E-state index contributed by atoms with van der Waals surface area (Å²) in [7, 11) is -4.43. The third-order valence-electron chi connectivity index (χ3n) is 14.0. The van der Waals surface area contributed by atoms with E-state index in [0.717, 1.165) is 75.8 Å². The third kappa shape index (κ3) is 11.1. The Morgan fingerprint density at radius 1 is 0.812 bits per heavy atom. The molecule has 4 saturated carbocycles. The number of nitrogens with one attached hydrogen (secondary N) is 3. The third-order valence-corrected chi connectivity index (χ3v) is 14.5. The van der Waals surface area contributed by atoms with E-state index in [1.54, 1.807) is 0 Å². The lowest BCUT2D eigenvalue weighted by atomic mass is 9.48. The van der Waals surface area contributed by atoms with Crippen molar-refractivity contribution in [1.82, 2.24) is 16.0 Å². The van der Waals surface area contributed by atoms with Gasteiger partial charge in [0.15, 0.2) is 0 Å². The summed E-state index contributed by atoms with van der Waals surface area (Å²) in [6, 6.07) is 0.689. The van der Waals surface area contributed by atoms with Crippen LogP contribution in [0.3, 0.4) is 0 Å². The summed E-state index contributed by atoms with van der Waals surface area (Å²) in [5, 5.41) is 11.1. The SMILES string of the molecule is C.CC(C)C(CC[C@@H](C)C1CCC2C3CCCC4CC(NCCCNCCCCNCCCN)CCC4(C)C3CCC21C)OS(=O)(=O)O. The fraction of sp³-hybridized carbons (Fsp3) is 1.00. The molecule has 0 spiro atoms. The van der Waals surface area contributed by atoms with Crippen LogP contribution in [0.4, 0.5) is 0 Å². The maximum Gasteiger partial charge on any atom is 0.397 e. The molecule has 284 valence electrons. The van der Waals surface area contributed by atoms with Gasteiger partial charge >= 0.3 is 10.4 Å². The zero-order valence-electron chi connectivity index (χ0n) is 30.9. The van der Waals surface area contributed by atoms with Crippen molar-refractivity contribution in [2.24, 2.45) is 58.0 Å². The molecule has 8 nitrogen and oxygen atoms in total. The highest BCUT2D eigenvalue weighted by atomic mass is 32.3. The molecule has 0 aromatic rings. The van der Waals surface area contributed by atoms with Crippen LogP contribution in [0.5, 0.6) is 0 Å². The largest absolute Gasteiger partial charge is 0.397 e. The second-order valence-electron chi connectivity index (χ2n) is 17.2. The Labute approximate surface area is 297 Å². The average molecular weight is 699 g/mol. The van der Waals surface area contributed by atoms with Crippen molar-refractivity contribution < 1.29 is 17.2 Å². The van der Waals surface area contributed by atoms with Gasteiger partial charge in [0.2, 0.25) is 0 Å². The molecule has 9 heteroatoms. The van der Waals surface area contributed by atoms with E-state index < -0.39 is 16.5 Å². The van der Waals surface area contributed by atoms with Gasteiger partial charge in [-0.25, -0.2) is 4.18 Å². The number of fused-ring (bicyclic) bond motifs is 5. The molecule has 10 atom stereocenters. The molecule has 0 radical (unpaired) electrons. The predicted octanol–water partition coefficient (Wildman–Crippen LogP) is 7.59. The maximum absolute atomic E-state index is 11.5. The summed E-state index contributed by atoms with van der Waals surface area (Å²) in [5.41, 5.74) is 6.43. The highest BCUT2D eigenvalue weighted by molar-refractivity contribution is 7.80. The fourth-order valence-corrected chi connectivity index (χ4v) is 12.0. The average Bonchev–Trinajstić information content (AvgIpc) is 3.30. The van der Waals surface area contributed by atoms with E-state index in [1.807, 2.05) is 13.8 Å². The molecule has 4 rings (SSSR count). The zero-order valence-corrected chi connectivity index (χ0v) is 31.7. The van der Waals surface area contributed by atoms with E-state index in [2.05, 4.69) is 36.7 Å². The van der Waals surface area contributed by atoms with Gasteiger partial charge in [0.25, 0.3) is 0 Å². The van der Waals surface area contributed by atoms with Crippen LogP contribution in [-0.2, 0) is 14.6 Å². The number of hydrogen-bond acceptors (Lipinski definition) is 7. The Balaban J connectivity index is 0.00000625. The fourth-order valence-electron chi connectivity index (χ4n) is 11.4. The van der Waals surface area contributed by atoms with E-state index in [4.69, 9.17) is 9.92 Å². The van der Waals surface area contributed by atoms with Gasteiger partial charge in [0, 0.05) is 6.04 Å². The number of hydrogen-bond donors (Lipinski definition) is 5. The van der Waals surface area contributed by atoms with Gasteiger partial charge in [0.05, 0.1) is 6.10 Å². The summed E-state index contributed by atoms with van der Waals surface area (Å²) < 4.78 is 37.3. The normalized spacial score (nSPS) is 34.8. The van der Waals surface area contributed by atoms with E-state index in [1.165, 1.54) is 83.5 Å². The van der Waals surface area contributed by atoms with Crippen LogP contribution in [-0.4, -0.2) is 64.4 Å². The van der Waals surface area contributed by atoms with Crippen LogP contribution in [0.25, 0.3) is 0 Å². The Bertz CT molecular complexity index is 1030. The summed E-state index contributed by atoms with van der Waals surface area (Å²) in [5.74, 6) is 4.70. The van der Waals surface area contributed by atoms with Crippen LogP contribution in [0, 0.1) is 52.3 Å². The quantitative estimate of drug-likeness (QED) is 0.0651. The molecule has 4 fully saturated rings. The Morgan fingerprint density at radius 3 is 2.12 bits per heavy atom. The van der Waals surface area contributed by atoms with Gasteiger partial charge in [0.1, 0.15) is 0 Å². The second kappa shape index (κ2) is 19.5. The Hall–Kier alpha value is -0.290. The standard InChI is InChI=1S/C38H74N4O4S.CH4/c1-28(2)36(46-47(43,44)45)16-13-29(3)33-14-15-34-32-12-8-11-30-27-31(17-19-37(30,4)35(32)18-20-38(33,34)5)42-26-10-25-41-23-7-6-22-40-24-9-21-39;/h28-36,40-42H,6-27,39H2,1-5H3,(H,43,44,45);1H4/t29-,30?,31?,32?,33?,34?,35?,36?,37?,38?;/m1./s1. The number of nitrogens with two attached hydrogens (primary N) is 1. The summed E-state index contributed by atoms with van der Waals surface area (Å²) in [4.78, 5) is 0. The molecule has 0 aromatic carbocycles. The first-order valence-corrected chi connectivity index (χ1v) is 21.3. The molecular formula is C39H78N4O4S. The summed E-state index contributed by atoms with van der Waals surface area (Å²) in [6.45, 7) is 18.0. The van der Waals surface area contributed by atoms with Crippen molar-refractivity contribution in [1.29, 1.82) is 0 Å². The molecule has 0 amide bonds. The lowest BCUT2D eigenvalue weighted by Gasteiger charge is -2.57. The van der Waals surface area contributed by atoms with Crippen LogP contribution >= 0.6 is 0 Å². The molecule has 4 aliphatic carbocycles. The minimum atomic E-state index is -4.43. The smallest absolute Gasteiger partial charge is 0.330 e. The monoisotopic (exact) mass is 699 g/mol. The Kier molecular flexibility index (Phi) is 17.1. The minimum Gasteiger partial charge on any atom is -0.330 e. The number of unbranched alkanes of at least 4 members (excludes halogenated alkanes) is 1. The van der Waals surface area contributed by atoms with Crippen LogP contribution < -0.4 is 21.7 Å². The summed E-state index contributed by atoms with van der Waals surface area (Å²) in [6.07, 6.45) is 19.7. The van der Waals surface area contributed by atoms with E-state index in [9.17, 15) is 13.0 Å². The maximum atomic E-state index is 11.5. The Morgan fingerprint density at radius 2 is 1.46 bits per heavy atom. The van der Waals surface area contributed by atoms with Gasteiger partial charge in [-0.1, -0.05) is 48.5 Å². The molecule has 0 aliphatic heterocycles. The first kappa shape index (κ1) is 42.1. The predicted molar refractivity (Wildman–Crippen MR) is 201 cm³/mol. The van der Waals surface area contributed by atoms with E-state index in [-0.39, 0.29) is 13.3 Å². The molecular weight excluding hydrogens is 621 g/mol. The van der Waals surface area contributed by atoms with Crippen molar-refractivity contribution >= 4 is 10.4 Å². The van der Waals surface area contributed by atoms with Crippen molar-refractivity contribution in [3.05, 3.63) is 0 Å². The molecule has 0 aromatic heterocycles. The van der Waals surface area contributed by atoms with Gasteiger partial charge < -0.3 is 21.7 Å². The van der Waals surface area contributed by atoms with Gasteiger partial charge in [-0.15, -0.1) is 0 Å². The van der Waals surface area contributed by atoms with E-state index >= 15 is 0 Å². The summed E-state index contributed by atoms with van der Waals surface area (Å²) >= 11 is 0. The highest BCUT2D eigenvalue weighted by Crippen LogP contribution is 2.67. The molecule has 4 aliphatic rings. The van der Waals surface area contributed by atoms with Crippen molar-refractivity contribution in [3.63, 3.8) is 0 Å². The van der Waals surface area contributed by atoms with Gasteiger partial charge in [-0.05, 0) is 188 Å². The molecule has 9 unspecified atom stereocenters. The molecule has 0 saturated heterocycles. The molecule has 0 heterocycles. The lowest BCUT2D eigenvalue weighted by Crippen LogP contribution is -2.51. The number of rotatable bonds is 20. The minimum absolute atomic E-state index is 0.